The van der Waals surface area contributed by atoms with Crippen LogP contribution < -0.4 is 10.6 Å². The average Bonchev–Trinajstić information content (AvgIpc) is 2.39. The standard InChI is InChI=1S/C14H17N3O/c1-3-15-14(18)10(2)17-13-8-9-16-12-7-5-4-6-11(12)13/h4-10H,3H2,1-2H3,(H,15,18)(H,16,17). The fraction of sp³-hybridized carbons (Fsp3) is 0.286. The minimum Gasteiger partial charge on any atom is -0.373 e. The number of para-hydroxylation sites is 1. The number of carbonyl (C=O) groups is 1. The number of likely N-dealkylation sites (N-methyl/N-ethyl adjacent to an activating group) is 1. The van der Waals surface area contributed by atoms with Crippen molar-refractivity contribution in [2.24, 2.45) is 0 Å². The van der Waals surface area contributed by atoms with Crippen molar-refractivity contribution in [2.45, 2.75) is 19.9 Å². The summed E-state index contributed by atoms with van der Waals surface area (Å²) in [6, 6.07) is 9.48. The zero-order chi connectivity index (χ0) is 13.0. The Morgan fingerprint density at radius 1 is 1.33 bits per heavy atom. The molecule has 0 aliphatic heterocycles. The third-order valence-corrected chi connectivity index (χ3v) is 2.77. The second-order valence-corrected chi connectivity index (χ2v) is 4.14. The number of pyridine rings is 1. The first kappa shape index (κ1) is 12.4. The molecule has 0 aliphatic carbocycles. The van der Waals surface area contributed by atoms with Crippen molar-refractivity contribution < 1.29 is 4.79 Å². The molecule has 0 saturated heterocycles. The second-order valence-electron chi connectivity index (χ2n) is 4.14. The van der Waals surface area contributed by atoms with Crippen molar-refractivity contribution in [3.63, 3.8) is 0 Å². The molecule has 1 heterocycles. The number of benzene rings is 1. The number of rotatable bonds is 4. The number of hydrogen-bond acceptors (Lipinski definition) is 3. The highest BCUT2D eigenvalue weighted by Crippen LogP contribution is 2.21. The van der Waals surface area contributed by atoms with Crippen LogP contribution in [0, 0.1) is 0 Å². The van der Waals surface area contributed by atoms with Crippen LogP contribution in [-0.4, -0.2) is 23.5 Å². The van der Waals surface area contributed by atoms with Crippen LogP contribution in [0.3, 0.4) is 0 Å². The summed E-state index contributed by atoms with van der Waals surface area (Å²) < 4.78 is 0. The molecule has 0 aliphatic rings. The van der Waals surface area contributed by atoms with E-state index in [4.69, 9.17) is 0 Å². The molecule has 0 radical (unpaired) electrons. The summed E-state index contributed by atoms with van der Waals surface area (Å²) in [6.45, 7) is 4.40. The molecule has 1 unspecified atom stereocenters. The van der Waals surface area contributed by atoms with Crippen molar-refractivity contribution >= 4 is 22.5 Å². The summed E-state index contributed by atoms with van der Waals surface area (Å²) in [5.41, 5.74) is 1.85. The van der Waals surface area contributed by atoms with Gasteiger partial charge in [-0.2, -0.15) is 0 Å². The average molecular weight is 243 g/mol. The molecule has 1 aromatic carbocycles. The fourth-order valence-electron chi connectivity index (χ4n) is 1.85. The molecule has 1 atom stereocenters. The van der Waals surface area contributed by atoms with Crippen LogP contribution >= 0.6 is 0 Å². The number of fused-ring (bicyclic) bond motifs is 1. The highest BCUT2D eigenvalue weighted by molar-refractivity contribution is 5.93. The van der Waals surface area contributed by atoms with E-state index in [1.54, 1.807) is 6.20 Å². The minimum absolute atomic E-state index is 0.00149. The predicted octanol–water partition coefficient (Wildman–Crippen LogP) is 2.17. The lowest BCUT2D eigenvalue weighted by atomic mass is 10.1. The molecular formula is C14H17N3O. The van der Waals surface area contributed by atoms with Gasteiger partial charge in [0, 0.05) is 23.8 Å². The number of carbonyl (C=O) groups excluding carboxylic acids is 1. The van der Waals surface area contributed by atoms with Crippen LogP contribution in [0.15, 0.2) is 36.5 Å². The van der Waals surface area contributed by atoms with Crippen LogP contribution in [-0.2, 0) is 4.79 Å². The predicted molar refractivity (Wildman–Crippen MR) is 73.5 cm³/mol. The van der Waals surface area contributed by atoms with Gasteiger partial charge in [0.05, 0.1) is 5.52 Å². The monoisotopic (exact) mass is 243 g/mol. The Hall–Kier alpha value is -2.10. The van der Waals surface area contributed by atoms with Crippen LogP contribution in [0.25, 0.3) is 10.9 Å². The number of hydrogen-bond donors (Lipinski definition) is 2. The van der Waals surface area contributed by atoms with E-state index in [1.807, 2.05) is 44.2 Å². The highest BCUT2D eigenvalue weighted by atomic mass is 16.2. The summed E-state index contributed by atoms with van der Waals surface area (Å²) >= 11 is 0. The number of nitrogens with zero attached hydrogens (tertiary/aromatic N) is 1. The number of nitrogens with one attached hydrogen (secondary N) is 2. The molecule has 0 bridgehead atoms. The van der Waals surface area contributed by atoms with Gasteiger partial charge < -0.3 is 10.6 Å². The molecule has 1 amide bonds. The first-order chi connectivity index (χ1) is 8.72. The van der Waals surface area contributed by atoms with E-state index >= 15 is 0 Å². The summed E-state index contributed by atoms with van der Waals surface area (Å²) in [5, 5.41) is 7.04. The van der Waals surface area contributed by atoms with Crippen LogP contribution in [0.2, 0.25) is 0 Å². The first-order valence-electron chi connectivity index (χ1n) is 6.10. The lowest BCUT2D eigenvalue weighted by Crippen LogP contribution is -2.37. The van der Waals surface area contributed by atoms with Crippen molar-refractivity contribution in [1.82, 2.24) is 10.3 Å². The molecule has 1 aromatic heterocycles. The van der Waals surface area contributed by atoms with Gasteiger partial charge in [-0.3, -0.25) is 9.78 Å². The largest absolute Gasteiger partial charge is 0.373 e. The number of anilines is 1. The Labute approximate surface area is 106 Å². The van der Waals surface area contributed by atoms with Crippen molar-refractivity contribution in [2.75, 3.05) is 11.9 Å². The zero-order valence-corrected chi connectivity index (χ0v) is 10.6. The topological polar surface area (TPSA) is 54.0 Å². The van der Waals surface area contributed by atoms with Gasteiger partial charge in [0.2, 0.25) is 5.91 Å². The van der Waals surface area contributed by atoms with Crippen molar-refractivity contribution in [3.8, 4) is 0 Å². The van der Waals surface area contributed by atoms with Crippen LogP contribution in [0.5, 0.6) is 0 Å². The second kappa shape index (κ2) is 5.49. The molecule has 4 heteroatoms. The van der Waals surface area contributed by atoms with Gasteiger partial charge in [0.25, 0.3) is 0 Å². The lowest BCUT2D eigenvalue weighted by Gasteiger charge is -2.15. The van der Waals surface area contributed by atoms with E-state index in [0.717, 1.165) is 16.6 Å². The Balaban J connectivity index is 2.24. The van der Waals surface area contributed by atoms with Crippen LogP contribution in [0.1, 0.15) is 13.8 Å². The van der Waals surface area contributed by atoms with Gasteiger partial charge in [-0.05, 0) is 26.0 Å². The lowest BCUT2D eigenvalue weighted by molar-refractivity contribution is -0.121. The Morgan fingerprint density at radius 2 is 2.11 bits per heavy atom. The van der Waals surface area contributed by atoms with Crippen molar-refractivity contribution in [1.29, 1.82) is 0 Å². The minimum atomic E-state index is -0.268. The van der Waals surface area contributed by atoms with Gasteiger partial charge in [-0.15, -0.1) is 0 Å². The molecule has 94 valence electrons. The van der Waals surface area contributed by atoms with Gasteiger partial charge in [-0.25, -0.2) is 0 Å². The normalized spacial score (nSPS) is 12.1. The molecule has 2 rings (SSSR count). The summed E-state index contributed by atoms with van der Waals surface area (Å²) in [5.74, 6) is -0.00149. The molecule has 0 spiro atoms. The maximum atomic E-state index is 11.7. The van der Waals surface area contributed by atoms with Gasteiger partial charge in [0.15, 0.2) is 0 Å². The Kier molecular flexibility index (Phi) is 3.77. The molecule has 2 N–H and O–H groups in total. The van der Waals surface area contributed by atoms with Crippen molar-refractivity contribution in [3.05, 3.63) is 36.5 Å². The quantitative estimate of drug-likeness (QED) is 0.865. The molecule has 0 saturated carbocycles. The van der Waals surface area contributed by atoms with Gasteiger partial charge in [0.1, 0.15) is 6.04 Å². The molecule has 18 heavy (non-hydrogen) atoms. The molecule has 4 nitrogen and oxygen atoms in total. The summed E-state index contributed by atoms with van der Waals surface area (Å²) in [4.78, 5) is 16.0. The van der Waals surface area contributed by atoms with E-state index in [2.05, 4.69) is 15.6 Å². The third-order valence-electron chi connectivity index (χ3n) is 2.77. The van der Waals surface area contributed by atoms with E-state index < -0.39 is 0 Å². The third kappa shape index (κ3) is 2.59. The molecular weight excluding hydrogens is 226 g/mol. The van der Waals surface area contributed by atoms with E-state index in [1.165, 1.54) is 0 Å². The Bertz CT molecular complexity index is 548. The van der Waals surface area contributed by atoms with Gasteiger partial charge >= 0.3 is 0 Å². The zero-order valence-electron chi connectivity index (χ0n) is 10.6. The fourth-order valence-corrected chi connectivity index (χ4v) is 1.85. The summed E-state index contributed by atoms with van der Waals surface area (Å²) in [6.07, 6.45) is 1.75. The van der Waals surface area contributed by atoms with E-state index in [9.17, 15) is 4.79 Å². The highest BCUT2D eigenvalue weighted by Gasteiger charge is 2.12. The molecule has 2 aromatic rings. The maximum absolute atomic E-state index is 11.7. The summed E-state index contributed by atoms with van der Waals surface area (Å²) in [7, 11) is 0. The maximum Gasteiger partial charge on any atom is 0.242 e. The smallest absolute Gasteiger partial charge is 0.242 e. The van der Waals surface area contributed by atoms with Gasteiger partial charge in [-0.1, -0.05) is 18.2 Å². The van der Waals surface area contributed by atoms with E-state index in [0.29, 0.717) is 6.54 Å². The molecule has 0 fully saturated rings. The number of aromatic nitrogens is 1. The van der Waals surface area contributed by atoms with Crippen LogP contribution in [0.4, 0.5) is 5.69 Å². The first-order valence-corrected chi connectivity index (χ1v) is 6.10. The number of amides is 1. The Morgan fingerprint density at radius 3 is 2.89 bits per heavy atom. The van der Waals surface area contributed by atoms with E-state index in [-0.39, 0.29) is 11.9 Å². The SMILES string of the molecule is CCNC(=O)C(C)Nc1ccnc2ccccc12.